The number of carbonyl (C=O) groups excluding carboxylic acids is 2. The molecule has 2 aromatic rings. The van der Waals surface area contributed by atoms with Crippen molar-refractivity contribution in [3.63, 3.8) is 0 Å². The van der Waals surface area contributed by atoms with Crippen LogP contribution in [0.5, 0.6) is 0 Å². The Morgan fingerprint density at radius 3 is 2.15 bits per heavy atom. The van der Waals surface area contributed by atoms with E-state index in [2.05, 4.69) is 29.6 Å². The van der Waals surface area contributed by atoms with Gasteiger partial charge in [0.2, 0.25) is 5.91 Å². The van der Waals surface area contributed by atoms with Crippen LogP contribution in [0.1, 0.15) is 43.7 Å². The van der Waals surface area contributed by atoms with Gasteiger partial charge < -0.3 is 20.1 Å². The topological polar surface area (TPSA) is 95.9 Å². The molecule has 1 aliphatic carbocycles. The molecule has 33 heavy (non-hydrogen) atoms. The summed E-state index contributed by atoms with van der Waals surface area (Å²) in [5, 5.41) is 11.6. The van der Waals surface area contributed by atoms with Crippen molar-refractivity contribution >= 4 is 18.0 Å². The predicted octanol–water partition coefficient (Wildman–Crippen LogP) is 3.87. The van der Waals surface area contributed by atoms with Crippen molar-refractivity contribution in [3.8, 4) is 11.1 Å². The van der Waals surface area contributed by atoms with Crippen LogP contribution in [0.3, 0.4) is 0 Å². The van der Waals surface area contributed by atoms with Crippen molar-refractivity contribution in [3.05, 3.63) is 59.7 Å². The predicted molar refractivity (Wildman–Crippen MR) is 124 cm³/mol. The lowest BCUT2D eigenvalue weighted by Gasteiger charge is -2.41. The Labute approximate surface area is 193 Å². The van der Waals surface area contributed by atoms with Gasteiger partial charge in [-0.3, -0.25) is 9.59 Å². The van der Waals surface area contributed by atoms with E-state index < -0.39 is 18.1 Å². The number of carboxylic acid groups (broad SMARTS) is 1. The summed E-state index contributed by atoms with van der Waals surface area (Å²) >= 11 is 0. The van der Waals surface area contributed by atoms with Gasteiger partial charge in [0, 0.05) is 25.4 Å². The molecule has 7 heteroatoms. The number of carboxylic acids is 1. The average molecular weight is 451 g/mol. The molecule has 174 valence electrons. The maximum Gasteiger partial charge on any atom is 0.407 e. The van der Waals surface area contributed by atoms with Gasteiger partial charge in [-0.1, -0.05) is 62.4 Å². The maximum atomic E-state index is 12.9. The molecule has 0 spiro atoms. The summed E-state index contributed by atoms with van der Waals surface area (Å²) in [5.74, 6) is -0.910. The zero-order valence-corrected chi connectivity index (χ0v) is 19.0. The van der Waals surface area contributed by atoms with Crippen molar-refractivity contribution in [1.29, 1.82) is 0 Å². The van der Waals surface area contributed by atoms with Gasteiger partial charge in [-0.2, -0.15) is 0 Å². The molecule has 1 atom stereocenters. The van der Waals surface area contributed by atoms with E-state index >= 15 is 0 Å². The first-order chi connectivity index (χ1) is 15.8. The van der Waals surface area contributed by atoms with Crippen LogP contribution in [0, 0.1) is 11.8 Å². The van der Waals surface area contributed by atoms with Crippen LogP contribution < -0.4 is 5.32 Å². The highest BCUT2D eigenvalue weighted by molar-refractivity contribution is 5.86. The number of likely N-dealkylation sites (tertiary alicyclic amines) is 1. The smallest absolute Gasteiger partial charge is 0.407 e. The first-order valence-electron chi connectivity index (χ1n) is 11.5. The van der Waals surface area contributed by atoms with Crippen molar-refractivity contribution in [2.75, 3.05) is 19.7 Å². The molecule has 1 aliphatic heterocycles. The SMILES string of the molecule is CC(C)[C@@H](NC(=O)OCC1c2ccccc2-c2ccccc21)C(=O)N1CC(CCC(=O)O)C1. The fraction of sp³-hybridized carbons (Fsp3) is 0.423. The second-order valence-electron chi connectivity index (χ2n) is 9.23. The van der Waals surface area contributed by atoms with Crippen molar-refractivity contribution in [2.24, 2.45) is 11.8 Å². The Bertz CT molecular complexity index is 999. The fourth-order valence-corrected chi connectivity index (χ4v) is 4.74. The summed E-state index contributed by atoms with van der Waals surface area (Å²) < 4.78 is 5.60. The largest absolute Gasteiger partial charge is 0.481 e. The van der Waals surface area contributed by atoms with Gasteiger partial charge in [0.05, 0.1) is 0 Å². The zero-order valence-electron chi connectivity index (χ0n) is 19.0. The van der Waals surface area contributed by atoms with E-state index in [1.807, 2.05) is 38.1 Å². The number of benzene rings is 2. The van der Waals surface area contributed by atoms with Crippen LogP contribution in [0.15, 0.2) is 48.5 Å². The van der Waals surface area contributed by atoms with Gasteiger partial charge >= 0.3 is 12.1 Å². The number of hydrogen-bond donors (Lipinski definition) is 2. The van der Waals surface area contributed by atoms with E-state index in [4.69, 9.17) is 9.84 Å². The molecular weight excluding hydrogens is 420 g/mol. The summed E-state index contributed by atoms with van der Waals surface area (Å²) in [7, 11) is 0. The number of aliphatic carboxylic acids is 1. The summed E-state index contributed by atoms with van der Waals surface area (Å²) in [4.78, 5) is 38.0. The summed E-state index contributed by atoms with van der Waals surface area (Å²) in [5.41, 5.74) is 4.59. The second-order valence-corrected chi connectivity index (χ2v) is 9.23. The number of amides is 2. The number of rotatable bonds is 8. The molecular formula is C26H30N2O5. The highest BCUT2D eigenvalue weighted by atomic mass is 16.5. The number of alkyl carbamates (subject to hydrolysis) is 1. The number of hydrogen-bond acceptors (Lipinski definition) is 4. The Morgan fingerprint density at radius 2 is 1.61 bits per heavy atom. The molecule has 0 aromatic heterocycles. The van der Waals surface area contributed by atoms with E-state index in [1.165, 1.54) is 0 Å². The number of carbonyl (C=O) groups is 3. The number of nitrogens with zero attached hydrogens (tertiary/aromatic N) is 1. The van der Waals surface area contributed by atoms with Crippen molar-refractivity contribution in [2.45, 2.75) is 38.6 Å². The fourth-order valence-electron chi connectivity index (χ4n) is 4.74. The van der Waals surface area contributed by atoms with E-state index in [0.717, 1.165) is 22.3 Å². The van der Waals surface area contributed by atoms with Gasteiger partial charge in [0.15, 0.2) is 0 Å². The first kappa shape index (κ1) is 22.8. The number of fused-ring (bicyclic) bond motifs is 3. The lowest BCUT2D eigenvalue weighted by atomic mass is 9.92. The van der Waals surface area contributed by atoms with Gasteiger partial charge in [0.1, 0.15) is 12.6 Å². The third-order valence-electron chi connectivity index (χ3n) is 6.59. The summed E-state index contributed by atoms with van der Waals surface area (Å²) in [6.45, 7) is 5.02. The standard InChI is InChI=1S/C26H30N2O5/c1-16(2)24(25(31)28-13-17(14-28)11-12-23(29)30)27-26(32)33-15-22-20-9-5-3-7-18(20)19-8-4-6-10-21(19)22/h3-10,16-17,22,24H,11-15H2,1-2H3,(H,27,32)(H,29,30)/t24-/m1/s1. The van der Waals surface area contributed by atoms with Gasteiger partial charge in [-0.25, -0.2) is 4.79 Å². The third-order valence-corrected chi connectivity index (χ3v) is 6.59. The van der Waals surface area contributed by atoms with Crippen molar-refractivity contribution < 1.29 is 24.2 Å². The molecule has 0 unspecified atom stereocenters. The lowest BCUT2D eigenvalue weighted by molar-refractivity contribution is -0.141. The van der Waals surface area contributed by atoms with E-state index in [-0.39, 0.29) is 36.7 Å². The highest BCUT2D eigenvalue weighted by Crippen LogP contribution is 2.44. The Morgan fingerprint density at radius 1 is 1.03 bits per heavy atom. The molecule has 2 aromatic carbocycles. The average Bonchev–Trinajstić information content (AvgIpc) is 3.08. The van der Waals surface area contributed by atoms with Crippen LogP contribution >= 0.6 is 0 Å². The molecule has 4 rings (SSSR count). The summed E-state index contributed by atoms with van der Waals surface area (Å²) in [6, 6.07) is 15.6. The normalized spacial score (nSPS) is 16.0. The molecule has 2 N–H and O–H groups in total. The molecule has 1 fully saturated rings. The minimum atomic E-state index is -0.822. The van der Waals surface area contributed by atoms with Gasteiger partial charge in [0.25, 0.3) is 0 Å². The second kappa shape index (κ2) is 9.65. The zero-order chi connectivity index (χ0) is 23.5. The van der Waals surface area contributed by atoms with Crippen LogP contribution in [0.4, 0.5) is 4.79 Å². The molecule has 0 bridgehead atoms. The first-order valence-corrected chi connectivity index (χ1v) is 11.5. The Kier molecular flexibility index (Phi) is 6.67. The molecule has 1 saturated heterocycles. The minimum absolute atomic E-state index is 0.0401. The van der Waals surface area contributed by atoms with E-state index in [0.29, 0.717) is 19.5 Å². The monoisotopic (exact) mass is 450 g/mol. The van der Waals surface area contributed by atoms with Crippen LogP contribution in [-0.2, 0) is 14.3 Å². The lowest BCUT2D eigenvalue weighted by Crippen LogP contribution is -2.58. The molecule has 7 nitrogen and oxygen atoms in total. The third kappa shape index (κ3) is 4.87. The highest BCUT2D eigenvalue weighted by Gasteiger charge is 2.37. The molecule has 2 aliphatic rings. The van der Waals surface area contributed by atoms with Crippen molar-refractivity contribution in [1.82, 2.24) is 10.2 Å². The van der Waals surface area contributed by atoms with Crippen LogP contribution in [-0.4, -0.2) is 53.7 Å². The Hall–Kier alpha value is -3.35. The quantitative estimate of drug-likeness (QED) is 0.637. The minimum Gasteiger partial charge on any atom is -0.481 e. The van der Waals surface area contributed by atoms with Gasteiger partial charge in [-0.15, -0.1) is 0 Å². The number of ether oxygens (including phenoxy) is 1. The van der Waals surface area contributed by atoms with Crippen LogP contribution in [0.2, 0.25) is 0 Å². The summed E-state index contributed by atoms with van der Waals surface area (Å²) in [6.07, 6.45) is 0.0655. The van der Waals surface area contributed by atoms with Gasteiger partial charge in [-0.05, 0) is 40.5 Å². The molecule has 1 heterocycles. The Balaban J connectivity index is 1.34. The molecule has 2 amide bonds. The molecule has 0 saturated carbocycles. The number of nitrogens with one attached hydrogen (secondary N) is 1. The van der Waals surface area contributed by atoms with Crippen LogP contribution in [0.25, 0.3) is 11.1 Å². The van der Waals surface area contributed by atoms with E-state index in [9.17, 15) is 14.4 Å². The maximum absolute atomic E-state index is 12.9. The van der Waals surface area contributed by atoms with E-state index in [1.54, 1.807) is 4.90 Å². The molecule has 0 radical (unpaired) electrons.